The van der Waals surface area contributed by atoms with Crippen LogP contribution in [0.15, 0.2) is 18.2 Å². The van der Waals surface area contributed by atoms with Crippen molar-refractivity contribution in [2.45, 2.75) is 77.2 Å². The Kier molecular flexibility index (Phi) is 10.8. The SMILES string of the molecule is CCCCCCCC(=O)C[C@H](CN1CCCC1)[C@H](OC(=O)CC(=O)O)c1ccc2c(c1)OCCO2. The van der Waals surface area contributed by atoms with Gasteiger partial charge in [0.15, 0.2) is 11.5 Å². The Bertz CT molecular complexity index is 850. The molecule has 2 heterocycles. The van der Waals surface area contributed by atoms with Crippen LogP contribution in [0, 0.1) is 5.92 Å². The number of carboxylic acids is 1. The van der Waals surface area contributed by atoms with Crippen LogP contribution in [0.1, 0.15) is 82.8 Å². The Hall–Kier alpha value is -2.61. The second-order valence-corrected chi connectivity index (χ2v) is 9.56. The molecule has 0 unspecified atom stereocenters. The number of esters is 1. The molecule has 8 heteroatoms. The summed E-state index contributed by atoms with van der Waals surface area (Å²) in [5, 5.41) is 9.10. The zero-order valence-electron chi connectivity index (χ0n) is 20.8. The van der Waals surface area contributed by atoms with Gasteiger partial charge in [0.2, 0.25) is 0 Å². The summed E-state index contributed by atoms with van der Waals surface area (Å²) in [5.74, 6) is -0.991. The molecule has 1 N–H and O–H groups in total. The van der Waals surface area contributed by atoms with Crippen LogP contribution < -0.4 is 9.47 Å². The molecule has 2 aliphatic rings. The third-order valence-electron chi connectivity index (χ3n) is 6.62. The van der Waals surface area contributed by atoms with E-state index in [1.165, 1.54) is 6.42 Å². The summed E-state index contributed by atoms with van der Waals surface area (Å²) in [7, 11) is 0. The third-order valence-corrected chi connectivity index (χ3v) is 6.62. The molecule has 8 nitrogen and oxygen atoms in total. The van der Waals surface area contributed by atoms with Crippen LogP contribution in [-0.4, -0.2) is 60.6 Å². The number of ketones is 1. The van der Waals surface area contributed by atoms with Crippen LogP contribution in [-0.2, 0) is 19.1 Å². The number of carbonyl (C=O) groups excluding carboxylic acids is 2. The van der Waals surface area contributed by atoms with Crippen LogP contribution in [0.3, 0.4) is 0 Å². The maximum absolute atomic E-state index is 13.0. The number of nitrogens with zero attached hydrogens (tertiary/aromatic N) is 1. The molecule has 2 aliphatic heterocycles. The summed E-state index contributed by atoms with van der Waals surface area (Å²) in [6.07, 6.45) is 6.90. The number of carbonyl (C=O) groups is 3. The molecule has 0 aromatic heterocycles. The number of carboxylic acid groups (broad SMARTS) is 1. The zero-order valence-corrected chi connectivity index (χ0v) is 20.8. The molecule has 1 saturated heterocycles. The number of hydrogen-bond acceptors (Lipinski definition) is 7. The molecule has 0 amide bonds. The van der Waals surface area contributed by atoms with Gasteiger partial charge < -0.3 is 24.2 Å². The van der Waals surface area contributed by atoms with Gasteiger partial charge in [-0.25, -0.2) is 0 Å². The van der Waals surface area contributed by atoms with E-state index >= 15 is 0 Å². The normalized spacial score (nSPS) is 17.1. The van der Waals surface area contributed by atoms with E-state index in [9.17, 15) is 14.4 Å². The summed E-state index contributed by atoms with van der Waals surface area (Å²) in [4.78, 5) is 38.9. The van der Waals surface area contributed by atoms with E-state index in [2.05, 4.69) is 11.8 Å². The summed E-state index contributed by atoms with van der Waals surface area (Å²) in [6, 6.07) is 5.39. The highest BCUT2D eigenvalue weighted by molar-refractivity contribution is 5.90. The highest BCUT2D eigenvalue weighted by Gasteiger charge is 2.32. The number of unbranched alkanes of at least 4 members (excludes halogenated alkanes) is 4. The van der Waals surface area contributed by atoms with Gasteiger partial charge in [0, 0.05) is 25.3 Å². The second kappa shape index (κ2) is 14.1. The summed E-state index contributed by atoms with van der Waals surface area (Å²) in [5.41, 5.74) is 0.688. The van der Waals surface area contributed by atoms with E-state index in [0.29, 0.717) is 43.2 Å². The Morgan fingerprint density at radius 2 is 1.74 bits per heavy atom. The fraction of sp³-hybridized carbons (Fsp3) is 0.667. The topological polar surface area (TPSA) is 102 Å². The van der Waals surface area contributed by atoms with Gasteiger partial charge in [0.05, 0.1) is 0 Å². The number of benzene rings is 1. The molecule has 0 radical (unpaired) electrons. The predicted molar refractivity (Wildman–Crippen MR) is 131 cm³/mol. The predicted octanol–water partition coefficient (Wildman–Crippen LogP) is 4.55. The van der Waals surface area contributed by atoms with Gasteiger partial charge >= 0.3 is 11.9 Å². The van der Waals surface area contributed by atoms with Crippen molar-refractivity contribution in [3.05, 3.63) is 23.8 Å². The molecule has 1 aromatic carbocycles. The number of ether oxygens (including phenoxy) is 3. The Labute approximate surface area is 207 Å². The fourth-order valence-electron chi connectivity index (χ4n) is 4.86. The first kappa shape index (κ1) is 27.0. The number of fused-ring (bicyclic) bond motifs is 1. The molecule has 0 aliphatic carbocycles. The molecular weight excluding hydrogens is 450 g/mol. The minimum Gasteiger partial charge on any atom is -0.486 e. The maximum atomic E-state index is 13.0. The van der Waals surface area contributed by atoms with E-state index in [4.69, 9.17) is 19.3 Å². The molecule has 0 spiro atoms. The standard InChI is InChI=1S/C27H39NO7/c1-2-3-4-5-6-9-22(29)16-21(19-28-12-7-8-13-28)27(35-26(32)18-25(30)31)20-10-11-23-24(17-20)34-15-14-33-23/h10-11,17,21,27H,2-9,12-16,18-19H2,1H3,(H,30,31)/t21-,27-/m1/s1. The summed E-state index contributed by atoms with van der Waals surface area (Å²) >= 11 is 0. The van der Waals surface area contributed by atoms with E-state index in [-0.39, 0.29) is 18.1 Å². The van der Waals surface area contributed by atoms with Crippen molar-refractivity contribution in [3.63, 3.8) is 0 Å². The summed E-state index contributed by atoms with van der Waals surface area (Å²) in [6.45, 7) is 5.55. The van der Waals surface area contributed by atoms with Gasteiger partial charge in [-0.1, -0.05) is 38.7 Å². The lowest BCUT2D eigenvalue weighted by molar-refractivity contribution is -0.158. The number of rotatable bonds is 15. The number of Topliss-reactive ketones (excluding diaryl/α,β-unsaturated/α-hetero) is 1. The van der Waals surface area contributed by atoms with Gasteiger partial charge in [0.25, 0.3) is 0 Å². The molecular formula is C27H39NO7. The van der Waals surface area contributed by atoms with Crippen molar-refractivity contribution >= 4 is 17.7 Å². The molecule has 2 atom stereocenters. The smallest absolute Gasteiger partial charge is 0.317 e. The van der Waals surface area contributed by atoms with Crippen molar-refractivity contribution in [2.24, 2.45) is 5.92 Å². The van der Waals surface area contributed by atoms with Crippen molar-refractivity contribution in [1.29, 1.82) is 0 Å². The van der Waals surface area contributed by atoms with Crippen LogP contribution in [0.2, 0.25) is 0 Å². The lowest BCUT2D eigenvalue weighted by Crippen LogP contribution is -2.34. The minimum absolute atomic E-state index is 0.155. The van der Waals surface area contributed by atoms with Crippen LogP contribution >= 0.6 is 0 Å². The first-order valence-electron chi connectivity index (χ1n) is 13.0. The number of hydrogen-bond donors (Lipinski definition) is 1. The Morgan fingerprint density at radius 1 is 1.03 bits per heavy atom. The quantitative estimate of drug-likeness (QED) is 0.217. The molecule has 35 heavy (non-hydrogen) atoms. The van der Waals surface area contributed by atoms with Gasteiger partial charge in [-0.05, 0) is 50.0 Å². The lowest BCUT2D eigenvalue weighted by atomic mass is 9.88. The molecule has 3 rings (SSSR count). The molecule has 194 valence electrons. The molecule has 1 aromatic rings. The van der Waals surface area contributed by atoms with E-state index in [1.54, 1.807) is 12.1 Å². The largest absolute Gasteiger partial charge is 0.486 e. The van der Waals surface area contributed by atoms with E-state index in [0.717, 1.165) is 51.6 Å². The number of likely N-dealkylation sites (tertiary alicyclic amines) is 1. The minimum atomic E-state index is -1.24. The van der Waals surface area contributed by atoms with Crippen molar-refractivity contribution in [3.8, 4) is 11.5 Å². The van der Waals surface area contributed by atoms with Crippen molar-refractivity contribution < 1.29 is 33.7 Å². The van der Waals surface area contributed by atoms with E-state index < -0.39 is 24.5 Å². The molecule has 0 bridgehead atoms. The van der Waals surface area contributed by atoms with Gasteiger partial charge in [-0.2, -0.15) is 0 Å². The average molecular weight is 490 g/mol. The lowest BCUT2D eigenvalue weighted by Gasteiger charge is -2.31. The first-order chi connectivity index (χ1) is 17.0. The van der Waals surface area contributed by atoms with Crippen LogP contribution in [0.5, 0.6) is 11.5 Å². The van der Waals surface area contributed by atoms with Gasteiger partial charge in [-0.15, -0.1) is 0 Å². The van der Waals surface area contributed by atoms with E-state index in [1.807, 2.05) is 6.07 Å². The fourth-order valence-corrected chi connectivity index (χ4v) is 4.86. The van der Waals surface area contributed by atoms with Crippen molar-refractivity contribution in [2.75, 3.05) is 32.8 Å². The third kappa shape index (κ3) is 8.84. The maximum Gasteiger partial charge on any atom is 0.317 e. The Balaban J connectivity index is 1.80. The second-order valence-electron chi connectivity index (χ2n) is 9.56. The highest BCUT2D eigenvalue weighted by Crippen LogP contribution is 2.38. The monoisotopic (exact) mass is 489 g/mol. The van der Waals surface area contributed by atoms with Crippen LogP contribution in [0.25, 0.3) is 0 Å². The molecule has 1 fully saturated rings. The van der Waals surface area contributed by atoms with Gasteiger partial charge in [-0.3, -0.25) is 14.4 Å². The first-order valence-corrected chi connectivity index (χ1v) is 13.0. The number of aliphatic carboxylic acids is 1. The summed E-state index contributed by atoms with van der Waals surface area (Å²) < 4.78 is 17.1. The van der Waals surface area contributed by atoms with Gasteiger partial charge in [0.1, 0.15) is 31.5 Å². The average Bonchev–Trinajstić information content (AvgIpc) is 3.34. The van der Waals surface area contributed by atoms with Crippen molar-refractivity contribution in [1.82, 2.24) is 4.90 Å². The van der Waals surface area contributed by atoms with Crippen LogP contribution in [0.4, 0.5) is 0 Å². The molecule has 0 saturated carbocycles. The Morgan fingerprint density at radius 3 is 2.46 bits per heavy atom. The zero-order chi connectivity index (χ0) is 25.0. The highest BCUT2D eigenvalue weighted by atomic mass is 16.6.